The van der Waals surface area contributed by atoms with E-state index in [1.54, 1.807) is 0 Å². The number of hydrogen-bond acceptors (Lipinski definition) is 3. The number of anilines is 1. The lowest BCUT2D eigenvalue weighted by Gasteiger charge is -2.09. The predicted molar refractivity (Wildman–Crippen MR) is 46.9 cm³/mol. The van der Waals surface area contributed by atoms with Gasteiger partial charge in [-0.05, 0) is 6.92 Å². The molecule has 0 aliphatic heterocycles. The van der Waals surface area contributed by atoms with Gasteiger partial charge in [0.15, 0.2) is 0 Å². The highest BCUT2D eigenvalue weighted by molar-refractivity contribution is 5.98. The molecule has 0 saturated heterocycles. The molecule has 0 saturated carbocycles. The zero-order chi connectivity index (χ0) is 10.9. The van der Waals surface area contributed by atoms with E-state index in [9.17, 15) is 13.6 Å². The van der Waals surface area contributed by atoms with Gasteiger partial charge >= 0.3 is 0 Å². The number of alkyl halides is 2. The van der Waals surface area contributed by atoms with E-state index in [2.05, 4.69) is 4.98 Å². The van der Waals surface area contributed by atoms with Crippen LogP contribution in [0.15, 0.2) is 6.20 Å². The van der Waals surface area contributed by atoms with Crippen LogP contribution in [-0.4, -0.2) is 10.9 Å². The van der Waals surface area contributed by atoms with Crippen LogP contribution >= 0.6 is 0 Å². The molecule has 0 bridgehead atoms. The second kappa shape index (κ2) is 3.57. The number of halogens is 2. The molecule has 6 heteroatoms. The molecule has 0 aromatic carbocycles. The maximum absolute atomic E-state index is 12.5. The van der Waals surface area contributed by atoms with Gasteiger partial charge in [-0.15, -0.1) is 0 Å². The first-order valence-electron chi connectivity index (χ1n) is 3.78. The largest absolute Gasteiger partial charge is 0.398 e. The molecule has 1 aromatic rings. The molecule has 0 aliphatic rings. The molecule has 4 nitrogen and oxygen atoms in total. The number of amides is 1. The van der Waals surface area contributed by atoms with Crippen molar-refractivity contribution in [1.29, 1.82) is 0 Å². The molecule has 14 heavy (non-hydrogen) atoms. The number of rotatable bonds is 2. The SMILES string of the molecule is Cc1ncc(C(N)=O)c(N)c1C(F)F. The van der Waals surface area contributed by atoms with Gasteiger partial charge in [0.2, 0.25) is 0 Å². The second-order valence-corrected chi connectivity index (χ2v) is 2.75. The van der Waals surface area contributed by atoms with Crippen molar-refractivity contribution < 1.29 is 13.6 Å². The normalized spacial score (nSPS) is 10.6. The maximum Gasteiger partial charge on any atom is 0.267 e. The number of primary amides is 1. The first-order valence-corrected chi connectivity index (χ1v) is 3.78. The van der Waals surface area contributed by atoms with E-state index in [0.29, 0.717) is 0 Å². The molecule has 0 radical (unpaired) electrons. The molecular weight excluding hydrogens is 192 g/mol. The van der Waals surface area contributed by atoms with Crippen molar-refractivity contribution in [2.24, 2.45) is 5.73 Å². The molecule has 1 amide bonds. The Balaban J connectivity index is 3.41. The smallest absolute Gasteiger partial charge is 0.267 e. The van der Waals surface area contributed by atoms with Crippen molar-refractivity contribution in [1.82, 2.24) is 4.98 Å². The van der Waals surface area contributed by atoms with Crippen LogP contribution in [0.5, 0.6) is 0 Å². The van der Waals surface area contributed by atoms with Gasteiger partial charge in [-0.25, -0.2) is 8.78 Å². The van der Waals surface area contributed by atoms with E-state index in [0.717, 1.165) is 6.20 Å². The molecule has 4 N–H and O–H groups in total. The number of aryl methyl sites for hydroxylation is 1. The molecule has 0 spiro atoms. The van der Waals surface area contributed by atoms with E-state index in [1.165, 1.54) is 6.92 Å². The monoisotopic (exact) mass is 201 g/mol. The minimum atomic E-state index is -2.76. The molecule has 0 fully saturated rings. The fraction of sp³-hybridized carbons (Fsp3) is 0.250. The van der Waals surface area contributed by atoms with Crippen molar-refractivity contribution in [3.05, 3.63) is 23.0 Å². The zero-order valence-corrected chi connectivity index (χ0v) is 7.42. The minimum Gasteiger partial charge on any atom is -0.398 e. The summed E-state index contributed by atoms with van der Waals surface area (Å²) in [5.41, 5.74) is 9.50. The van der Waals surface area contributed by atoms with E-state index in [1.807, 2.05) is 0 Å². The Bertz CT molecular complexity index is 379. The Morgan fingerprint density at radius 1 is 1.57 bits per heavy atom. The summed E-state index contributed by atoms with van der Waals surface area (Å²) in [4.78, 5) is 14.4. The number of hydrogen-bond donors (Lipinski definition) is 2. The average molecular weight is 201 g/mol. The molecule has 1 rings (SSSR count). The summed E-state index contributed by atoms with van der Waals surface area (Å²) < 4.78 is 24.9. The fourth-order valence-corrected chi connectivity index (χ4v) is 1.11. The van der Waals surface area contributed by atoms with E-state index < -0.39 is 17.9 Å². The number of pyridine rings is 1. The average Bonchev–Trinajstić information content (AvgIpc) is 2.02. The van der Waals surface area contributed by atoms with Gasteiger partial charge in [0.1, 0.15) is 0 Å². The van der Waals surface area contributed by atoms with Crippen molar-refractivity contribution in [3.63, 3.8) is 0 Å². The van der Waals surface area contributed by atoms with E-state index in [4.69, 9.17) is 11.5 Å². The highest BCUT2D eigenvalue weighted by Crippen LogP contribution is 2.29. The molecule has 1 aromatic heterocycles. The van der Waals surface area contributed by atoms with Crippen molar-refractivity contribution in [2.45, 2.75) is 13.3 Å². The topological polar surface area (TPSA) is 82.0 Å². The van der Waals surface area contributed by atoms with Crippen LogP contribution in [0.2, 0.25) is 0 Å². The van der Waals surface area contributed by atoms with Crippen LogP contribution in [0.25, 0.3) is 0 Å². The van der Waals surface area contributed by atoms with Gasteiger partial charge in [0.05, 0.1) is 16.8 Å². The van der Waals surface area contributed by atoms with Gasteiger partial charge in [0, 0.05) is 11.9 Å². The molecule has 76 valence electrons. The third-order valence-corrected chi connectivity index (χ3v) is 1.84. The molecule has 1 heterocycles. The van der Waals surface area contributed by atoms with E-state index >= 15 is 0 Å². The number of carbonyl (C=O) groups is 1. The lowest BCUT2D eigenvalue weighted by Crippen LogP contribution is -2.16. The number of nitrogens with zero attached hydrogens (tertiary/aromatic N) is 1. The summed E-state index contributed by atoms with van der Waals surface area (Å²) in [5, 5.41) is 0. The molecule has 0 aliphatic carbocycles. The van der Waals surface area contributed by atoms with Crippen molar-refractivity contribution >= 4 is 11.6 Å². The Kier molecular flexibility index (Phi) is 2.64. The van der Waals surface area contributed by atoms with Gasteiger partial charge < -0.3 is 11.5 Å². The highest BCUT2D eigenvalue weighted by atomic mass is 19.3. The number of nitrogens with two attached hydrogens (primary N) is 2. The Hall–Kier alpha value is -1.72. The first-order chi connectivity index (χ1) is 6.45. The molecule has 0 unspecified atom stereocenters. The van der Waals surface area contributed by atoms with Crippen LogP contribution in [-0.2, 0) is 0 Å². The van der Waals surface area contributed by atoms with Gasteiger partial charge in [-0.3, -0.25) is 9.78 Å². The molecular formula is C8H9F2N3O. The lowest BCUT2D eigenvalue weighted by molar-refractivity contribution is 0.100. The minimum absolute atomic E-state index is 0.0995. The van der Waals surface area contributed by atoms with Crippen molar-refractivity contribution in [3.8, 4) is 0 Å². The second-order valence-electron chi connectivity index (χ2n) is 2.75. The van der Waals surface area contributed by atoms with Crippen LogP contribution in [0.3, 0.4) is 0 Å². The first kappa shape index (κ1) is 10.4. The predicted octanol–water partition coefficient (Wildman–Crippen LogP) is 1.01. The van der Waals surface area contributed by atoms with Gasteiger partial charge in [0.25, 0.3) is 12.3 Å². The number of carbonyl (C=O) groups excluding carboxylic acids is 1. The Labute approximate surface area is 78.9 Å². The Morgan fingerprint density at radius 3 is 2.57 bits per heavy atom. The van der Waals surface area contributed by atoms with Crippen LogP contribution in [0, 0.1) is 6.92 Å². The third kappa shape index (κ3) is 1.63. The molecule has 0 atom stereocenters. The lowest BCUT2D eigenvalue weighted by atomic mass is 10.1. The van der Waals surface area contributed by atoms with Crippen LogP contribution in [0.1, 0.15) is 28.0 Å². The Morgan fingerprint density at radius 2 is 2.14 bits per heavy atom. The quantitative estimate of drug-likeness (QED) is 0.749. The summed E-state index contributed by atoms with van der Waals surface area (Å²) in [6.45, 7) is 1.39. The fourth-order valence-electron chi connectivity index (χ4n) is 1.11. The summed E-state index contributed by atoms with van der Waals surface area (Å²) >= 11 is 0. The summed E-state index contributed by atoms with van der Waals surface area (Å²) in [5.74, 6) is -0.864. The van der Waals surface area contributed by atoms with Gasteiger partial charge in [-0.1, -0.05) is 0 Å². The summed E-state index contributed by atoms with van der Waals surface area (Å²) in [7, 11) is 0. The van der Waals surface area contributed by atoms with Crippen LogP contribution < -0.4 is 11.5 Å². The van der Waals surface area contributed by atoms with Crippen LogP contribution in [0.4, 0.5) is 14.5 Å². The summed E-state index contributed by atoms with van der Waals surface area (Å²) in [6, 6.07) is 0. The van der Waals surface area contributed by atoms with E-state index in [-0.39, 0.29) is 16.9 Å². The van der Waals surface area contributed by atoms with Gasteiger partial charge in [-0.2, -0.15) is 0 Å². The third-order valence-electron chi connectivity index (χ3n) is 1.84. The summed E-state index contributed by atoms with van der Waals surface area (Å²) in [6.07, 6.45) is -1.67. The number of aromatic nitrogens is 1. The maximum atomic E-state index is 12.5. The van der Waals surface area contributed by atoms with Crippen molar-refractivity contribution in [2.75, 3.05) is 5.73 Å². The zero-order valence-electron chi connectivity index (χ0n) is 7.42. The number of nitrogen functional groups attached to an aromatic ring is 1. The highest BCUT2D eigenvalue weighted by Gasteiger charge is 2.20. The standard InChI is InChI=1S/C8H9F2N3O/c1-3-5(7(9)10)6(11)4(2-13-3)8(12)14/h2,7H,1H3,(H2,11,13)(H2,12,14).